The summed E-state index contributed by atoms with van der Waals surface area (Å²) in [6, 6.07) is 0. The van der Waals surface area contributed by atoms with E-state index in [1.165, 1.54) is 0 Å². The van der Waals surface area contributed by atoms with Crippen molar-refractivity contribution < 1.29 is 19.7 Å². The molecule has 1 spiro atoms. The fourth-order valence-corrected chi connectivity index (χ4v) is 3.00. The molecule has 2 aliphatic rings. The van der Waals surface area contributed by atoms with E-state index in [1.54, 1.807) is 0 Å². The van der Waals surface area contributed by atoms with E-state index in [4.69, 9.17) is 9.47 Å². The second-order valence-corrected chi connectivity index (χ2v) is 5.36. The van der Waals surface area contributed by atoms with Crippen LogP contribution in [0.4, 0.5) is 0 Å². The minimum atomic E-state index is -0.608. The Morgan fingerprint density at radius 2 is 1.94 bits per heavy atom. The molecule has 2 fully saturated rings. The molecule has 0 bridgehead atoms. The molecule has 3 unspecified atom stereocenters. The van der Waals surface area contributed by atoms with E-state index in [-0.39, 0.29) is 11.5 Å². The van der Waals surface area contributed by atoms with Crippen LogP contribution in [0.3, 0.4) is 0 Å². The molecule has 0 radical (unpaired) electrons. The van der Waals surface area contributed by atoms with Crippen molar-refractivity contribution in [3.8, 4) is 0 Å². The van der Waals surface area contributed by atoms with Crippen LogP contribution in [-0.2, 0) is 9.47 Å². The monoisotopic (exact) mass is 244 g/mol. The van der Waals surface area contributed by atoms with Gasteiger partial charge in [0.2, 0.25) is 0 Å². The summed E-state index contributed by atoms with van der Waals surface area (Å²) >= 11 is 0. The van der Waals surface area contributed by atoms with Crippen molar-refractivity contribution >= 4 is 0 Å². The van der Waals surface area contributed by atoms with Crippen molar-refractivity contribution in [2.75, 3.05) is 19.8 Å². The zero-order valence-corrected chi connectivity index (χ0v) is 10.6. The molecule has 2 N–H and O–H groups in total. The normalized spacial score (nSPS) is 32.3. The van der Waals surface area contributed by atoms with E-state index >= 15 is 0 Å². The molecule has 4 heteroatoms. The van der Waals surface area contributed by atoms with Gasteiger partial charge in [0, 0.05) is 19.8 Å². The number of aliphatic hydroxyl groups is 2. The van der Waals surface area contributed by atoms with E-state index < -0.39 is 12.2 Å². The standard InChI is InChI=1S/C13H24O4/c1-2-11(14)12(15)10-3-6-17-13(9-10)4-7-16-8-5-13/h10-12,14-15H,2-9H2,1H3. The maximum absolute atomic E-state index is 10.1. The Labute approximate surface area is 103 Å². The average molecular weight is 244 g/mol. The summed E-state index contributed by atoms with van der Waals surface area (Å²) in [7, 11) is 0. The first-order valence-corrected chi connectivity index (χ1v) is 6.75. The van der Waals surface area contributed by atoms with Crippen LogP contribution in [0, 0.1) is 5.92 Å². The maximum atomic E-state index is 10.1. The van der Waals surface area contributed by atoms with E-state index in [0.717, 1.165) is 38.9 Å². The number of hydrogen-bond donors (Lipinski definition) is 2. The van der Waals surface area contributed by atoms with Gasteiger partial charge in [0.15, 0.2) is 0 Å². The predicted molar refractivity (Wildman–Crippen MR) is 63.8 cm³/mol. The Bertz CT molecular complexity index is 232. The minimum absolute atomic E-state index is 0.102. The lowest BCUT2D eigenvalue weighted by atomic mass is 9.77. The lowest BCUT2D eigenvalue weighted by Gasteiger charge is -2.45. The summed E-state index contributed by atoms with van der Waals surface area (Å²) < 4.78 is 11.3. The minimum Gasteiger partial charge on any atom is -0.390 e. The van der Waals surface area contributed by atoms with Gasteiger partial charge in [-0.15, -0.1) is 0 Å². The van der Waals surface area contributed by atoms with E-state index in [2.05, 4.69) is 0 Å². The summed E-state index contributed by atoms with van der Waals surface area (Å²) in [6.07, 6.45) is 2.93. The van der Waals surface area contributed by atoms with Crippen LogP contribution in [0.25, 0.3) is 0 Å². The molecule has 0 aromatic heterocycles. The van der Waals surface area contributed by atoms with Gasteiger partial charge in [-0.1, -0.05) is 6.92 Å². The quantitative estimate of drug-likeness (QED) is 0.780. The molecule has 0 aliphatic carbocycles. The van der Waals surface area contributed by atoms with E-state index in [9.17, 15) is 10.2 Å². The summed E-state index contributed by atoms with van der Waals surface area (Å²) in [5.41, 5.74) is -0.102. The highest BCUT2D eigenvalue weighted by molar-refractivity contribution is 4.92. The molecule has 0 amide bonds. The van der Waals surface area contributed by atoms with Crippen LogP contribution in [0.15, 0.2) is 0 Å². The first kappa shape index (κ1) is 13.3. The van der Waals surface area contributed by atoms with Crippen molar-refractivity contribution in [3.63, 3.8) is 0 Å². The Morgan fingerprint density at radius 3 is 2.59 bits per heavy atom. The first-order valence-electron chi connectivity index (χ1n) is 6.75. The summed E-state index contributed by atoms with van der Waals surface area (Å²) in [5.74, 6) is 0.164. The second kappa shape index (κ2) is 5.65. The fourth-order valence-electron chi connectivity index (χ4n) is 3.00. The molecule has 4 nitrogen and oxygen atoms in total. The second-order valence-electron chi connectivity index (χ2n) is 5.36. The van der Waals surface area contributed by atoms with Crippen LogP contribution >= 0.6 is 0 Å². The smallest absolute Gasteiger partial charge is 0.0828 e. The lowest BCUT2D eigenvalue weighted by Crippen LogP contribution is -2.48. The van der Waals surface area contributed by atoms with E-state index in [1.807, 2.05) is 6.92 Å². The third-order valence-electron chi connectivity index (χ3n) is 4.23. The van der Waals surface area contributed by atoms with Gasteiger partial charge in [0.05, 0.1) is 17.8 Å². The van der Waals surface area contributed by atoms with Crippen LogP contribution in [0.5, 0.6) is 0 Å². The lowest BCUT2D eigenvalue weighted by molar-refractivity contribution is -0.166. The van der Waals surface area contributed by atoms with E-state index in [0.29, 0.717) is 13.0 Å². The maximum Gasteiger partial charge on any atom is 0.0828 e. The number of hydrogen-bond acceptors (Lipinski definition) is 4. The molecule has 0 saturated carbocycles. The molecule has 0 aromatic carbocycles. The van der Waals surface area contributed by atoms with Crippen molar-refractivity contribution in [1.29, 1.82) is 0 Å². The first-order chi connectivity index (χ1) is 8.17. The molecule has 2 rings (SSSR count). The van der Waals surface area contributed by atoms with Gasteiger partial charge in [-0.2, -0.15) is 0 Å². The SMILES string of the molecule is CCC(O)C(O)C1CCOC2(CCOCC2)C1. The third-order valence-corrected chi connectivity index (χ3v) is 4.23. The van der Waals surface area contributed by atoms with Crippen LogP contribution in [-0.4, -0.2) is 47.8 Å². The topological polar surface area (TPSA) is 58.9 Å². The van der Waals surface area contributed by atoms with Gasteiger partial charge in [-0.25, -0.2) is 0 Å². The van der Waals surface area contributed by atoms with Gasteiger partial charge in [0.1, 0.15) is 0 Å². The van der Waals surface area contributed by atoms with Gasteiger partial charge in [-0.3, -0.25) is 0 Å². The largest absolute Gasteiger partial charge is 0.390 e. The molecule has 17 heavy (non-hydrogen) atoms. The average Bonchev–Trinajstić information content (AvgIpc) is 2.38. The highest BCUT2D eigenvalue weighted by Crippen LogP contribution is 2.38. The fraction of sp³-hybridized carbons (Fsp3) is 1.00. The van der Waals surface area contributed by atoms with Gasteiger partial charge >= 0.3 is 0 Å². The molecule has 0 aromatic rings. The van der Waals surface area contributed by atoms with Crippen molar-refractivity contribution in [1.82, 2.24) is 0 Å². The predicted octanol–water partition coefficient (Wildman–Crippen LogP) is 1.09. The third kappa shape index (κ3) is 2.99. The molecular formula is C13H24O4. The zero-order valence-electron chi connectivity index (χ0n) is 10.6. The molecule has 2 saturated heterocycles. The Balaban J connectivity index is 1.96. The molecule has 2 heterocycles. The Morgan fingerprint density at radius 1 is 1.24 bits per heavy atom. The summed E-state index contributed by atoms with van der Waals surface area (Å²) in [5, 5.41) is 19.9. The summed E-state index contributed by atoms with van der Waals surface area (Å²) in [6.45, 7) is 4.09. The van der Waals surface area contributed by atoms with Crippen molar-refractivity contribution in [3.05, 3.63) is 0 Å². The van der Waals surface area contributed by atoms with Crippen LogP contribution < -0.4 is 0 Å². The highest BCUT2D eigenvalue weighted by atomic mass is 16.5. The zero-order chi connectivity index (χ0) is 12.3. The Hall–Kier alpha value is -0.160. The summed E-state index contributed by atoms with van der Waals surface area (Å²) in [4.78, 5) is 0. The van der Waals surface area contributed by atoms with Crippen molar-refractivity contribution in [2.45, 2.75) is 56.8 Å². The molecule has 3 atom stereocenters. The van der Waals surface area contributed by atoms with Crippen LogP contribution in [0.1, 0.15) is 39.0 Å². The molecule has 100 valence electrons. The molecule has 2 aliphatic heterocycles. The number of rotatable bonds is 3. The van der Waals surface area contributed by atoms with Crippen molar-refractivity contribution in [2.24, 2.45) is 5.92 Å². The number of ether oxygens (including phenoxy) is 2. The van der Waals surface area contributed by atoms with Gasteiger partial charge in [0.25, 0.3) is 0 Å². The highest BCUT2D eigenvalue weighted by Gasteiger charge is 2.41. The van der Waals surface area contributed by atoms with Gasteiger partial charge in [-0.05, 0) is 38.0 Å². The molecular weight excluding hydrogens is 220 g/mol. The van der Waals surface area contributed by atoms with Crippen LogP contribution in [0.2, 0.25) is 0 Å². The number of aliphatic hydroxyl groups excluding tert-OH is 2. The van der Waals surface area contributed by atoms with Gasteiger partial charge < -0.3 is 19.7 Å². The Kier molecular flexibility index (Phi) is 4.42.